The van der Waals surface area contributed by atoms with Gasteiger partial charge in [-0.2, -0.15) is 0 Å². The maximum Gasteiger partial charge on any atom is 0.338 e. The van der Waals surface area contributed by atoms with Gasteiger partial charge >= 0.3 is 35.8 Å². The molecule has 0 N–H and O–H groups in total. The number of ether oxygens (including phenoxy) is 10. The van der Waals surface area contributed by atoms with E-state index in [-0.39, 0.29) is 81.6 Å². The topological polar surface area (TPSA) is 195 Å². The smallest absolute Gasteiger partial charge is 0.338 e. The number of carbonyl (C=O) groups excluding carboxylic acids is 6. The van der Waals surface area contributed by atoms with Gasteiger partial charge in [-0.1, -0.05) is 64.4 Å². The van der Waals surface area contributed by atoms with Crippen LogP contribution in [0, 0.1) is 17.3 Å². The number of hydrogen-bond donors (Lipinski definition) is 0. The third kappa shape index (κ3) is 17.9. The summed E-state index contributed by atoms with van der Waals surface area (Å²) in [6.07, 6.45) is 8.56. The monoisotopic (exact) mass is 1060 g/mol. The molecule has 4 aromatic rings. The van der Waals surface area contributed by atoms with Gasteiger partial charge in [0.2, 0.25) is 0 Å². The number of rotatable bonds is 28. The Bertz CT molecular complexity index is 2570. The van der Waals surface area contributed by atoms with Gasteiger partial charge in [-0.05, 0) is 153 Å². The fourth-order valence-electron chi connectivity index (χ4n) is 9.63. The van der Waals surface area contributed by atoms with Gasteiger partial charge in [-0.25, -0.2) is 28.8 Å². The minimum atomic E-state index is -0.672. The fraction of sp³-hybridized carbons (Fsp3) is 0.443. The molecule has 6 rings (SSSR count). The van der Waals surface area contributed by atoms with E-state index >= 15 is 0 Å². The minimum Gasteiger partial charge on any atom is -0.490 e. The Hall–Kier alpha value is -7.30. The average Bonchev–Trinajstić information content (AvgIpc) is 3.44. The summed E-state index contributed by atoms with van der Waals surface area (Å²) in [7, 11) is 0. The molecular formula is C61H72O16. The lowest BCUT2D eigenvalue weighted by Crippen LogP contribution is -2.40. The van der Waals surface area contributed by atoms with Crippen LogP contribution in [0.4, 0.5) is 0 Å². The molecule has 0 amide bonds. The van der Waals surface area contributed by atoms with Crippen LogP contribution in [0.25, 0.3) is 21.5 Å². The predicted octanol–water partition coefficient (Wildman–Crippen LogP) is 10.4. The summed E-state index contributed by atoms with van der Waals surface area (Å²) in [5.41, 5.74) is 1.32. The van der Waals surface area contributed by atoms with Gasteiger partial charge in [-0.15, -0.1) is 0 Å². The van der Waals surface area contributed by atoms with Gasteiger partial charge in [0.25, 0.3) is 0 Å². The highest BCUT2D eigenvalue weighted by atomic mass is 16.6. The molecule has 2 fully saturated rings. The first-order valence-electron chi connectivity index (χ1n) is 26.1. The zero-order chi connectivity index (χ0) is 55.5. The summed E-state index contributed by atoms with van der Waals surface area (Å²) in [4.78, 5) is 73.0. The summed E-state index contributed by atoms with van der Waals surface area (Å²) in [6.45, 7) is 22.1. The van der Waals surface area contributed by atoms with Crippen molar-refractivity contribution in [2.75, 3.05) is 52.9 Å². The van der Waals surface area contributed by atoms with Crippen molar-refractivity contribution in [1.29, 1.82) is 0 Å². The van der Waals surface area contributed by atoms with Crippen LogP contribution in [0.5, 0.6) is 11.5 Å². The number of carbonyl (C=O) groups is 6. The van der Waals surface area contributed by atoms with Gasteiger partial charge in [-0.3, -0.25) is 0 Å². The standard InChI is InChI=1S/C61H72O16/c1-9-55(62)76-53(37-74-51-21-15-41-31-45(13-11-43(41)33-51)59(66)70-29-27-68-57(64)39(3)4)35-72-49-23-17-47(18-24-49)61(7,8)48-19-25-50(26-20-48)73-36-54(77-56(63)10-2)38-75-52-22-16-42-32-46(14-12-44(42)34-52)60(67)71-30-28-69-58(65)40(5)6/h9-16,21-22,31-34,47-50,53-54H,1-3,5,17-20,23-30,35-38H2,4,6-8H3. The van der Waals surface area contributed by atoms with Gasteiger partial charge in [0, 0.05) is 23.3 Å². The second kappa shape index (κ2) is 28.7. The van der Waals surface area contributed by atoms with Gasteiger partial charge in [0.05, 0.1) is 36.5 Å². The number of benzene rings is 4. The first-order valence-corrected chi connectivity index (χ1v) is 26.1. The first-order chi connectivity index (χ1) is 36.9. The summed E-state index contributed by atoms with van der Waals surface area (Å²) >= 11 is 0. The molecule has 0 aliphatic heterocycles. The van der Waals surface area contributed by atoms with E-state index in [4.69, 9.17) is 47.4 Å². The van der Waals surface area contributed by atoms with E-state index in [1.165, 1.54) is 13.8 Å². The third-order valence-corrected chi connectivity index (χ3v) is 14.2. The van der Waals surface area contributed by atoms with Crippen molar-refractivity contribution in [3.63, 3.8) is 0 Å². The lowest BCUT2D eigenvalue weighted by Gasteiger charge is -2.46. The fourth-order valence-corrected chi connectivity index (χ4v) is 9.63. The number of hydrogen-bond acceptors (Lipinski definition) is 16. The molecule has 0 heterocycles. The van der Waals surface area contributed by atoms with Crippen LogP contribution in [0.2, 0.25) is 0 Å². The molecule has 0 radical (unpaired) electrons. The van der Waals surface area contributed by atoms with Crippen molar-refractivity contribution in [2.24, 2.45) is 17.3 Å². The highest BCUT2D eigenvalue weighted by Gasteiger charge is 2.41. The summed E-state index contributed by atoms with van der Waals surface area (Å²) < 4.78 is 56.7. The van der Waals surface area contributed by atoms with Crippen molar-refractivity contribution < 1.29 is 76.1 Å². The van der Waals surface area contributed by atoms with E-state index in [1.54, 1.807) is 48.5 Å². The Balaban J connectivity index is 0.912. The Morgan fingerprint density at radius 2 is 0.857 bits per heavy atom. The molecule has 77 heavy (non-hydrogen) atoms. The van der Waals surface area contributed by atoms with Gasteiger partial charge in [0.1, 0.15) is 51.1 Å². The van der Waals surface area contributed by atoms with E-state index in [9.17, 15) is 28.8 Å². The molecule has 4 aromatic carbocycles. The Kier molecular flexibility index (Phi) is 22.0. The molecule has 2 aliphatic carbocycles. The van der Waals surface area contributed by atoms with Crippen molar-refractivity contribution in [3.05, 3.63) is 134 Å². The van der Waals surface area contributed by atoms with Crippen molar-refractivity contribution in [3.8, 4) is 11.5 Å². The Morgan fingerprint density at radius 3 is 1.22 bits per heavy atom. The van der Waals surface area contributed by atoms with Crippen LogP contribution in [-0.4, -0.2) is 113 Å². The molecule has 2 aliphatic rings. The maximum atomic E-state index is 12.6. The quantitative estimate of drug-likeness (QED) is 0.0225. The zero-order valence-corrected chi connectivity index (χ0v) is 44.7. The highest BCUT2D eigenvalue weighted by molar-refractivity contribution is 5.97. The second-order valence-electron chi connectivity index (χ2n) is 20.1. The highest BCUT2D eigenvalue weighted by Crippen LogP contribution is 2.49. The van der Waals surface area contributed by atoms with Crippen LogP contribution in [0.1, 0.15) is 99.8 Å². The Labute approximate surface area is 450 Å². The molecule has 16 nitrogen and oxygen atoms in total. The first kappa shape index (κ1) is 59.0. The van der Waals surface area contributed by atoms with Gasteiger partial charge < -0.3 is 47.4 Å². The van der Waals surface area contributed by atoms with Crippen LogP contribution in [-0.2, 0) is 57.1 Å². The van der Waals surface area contributed by atoms with Gasteiger partial charge in [0.15, 0.2) is 12.2 Å². The number of esters is 6. The number of fused-ring (bicyclic) bond motifs is 2. The molecule has 2 saturated carbocycles. The molecule has 0 aromatic heterocycles. The van der Waals surface area contributed by atoms with Crippen LogP contribution >= 0.6 is 0 Å². The van der Waals surface area contributed by atoms with E-state index < -0.39 is 48.0 Å². The molecular weight excluding hydrogens is 989 g/mol. The SMILES string of the molecule is C=CC(=O)OC(COc1ccc2cc(C(=O)OCCOC(=O)C(=C)C)ccc2c1)COC1CCC(C(C)(C)C2CCC(OCC(COc3ccc4cc(C(=O)OCCOC(=O)C(=C)C)ccc4c3)OC(=O)C=C)CC2)CC1. The minimum absolute atomic E-state index is 0.0166. The molecule has 2 unspecified atom stereocenters. The third-order valence-electron chi connectivity index (χ3n) is 14.2. The van der Waals surface area contributed by atoms with E-state index in [2.05, 4.69) is 40.2 Å². The van der Waals surface area contributed by atoms with Crippen molar-refractivity contribution in [1.82, 2.24) is 0 Å². The molecule has 412 valence electrons. The van der Waals surface area contributed by atoms with Crippen LogP contribution < -0.4 is 9.47 Å². The Morgan fingerprint density at radius 1 is 0.506 bits per heavy atom. The van der Waals surface area contributed by atoms with Crippen molar-refractivity contribution in [2.45, 2.75) is 103 Å². The maximum absolute atomic E-state index is 12.6. The molecule has 0 bridgehead atoms. The summed E-state index contributed by atoms with van der Waals surface area (Å²) in [6, 6.07) is 21.2. The molecule has 2 atom stereocenters. The second-order valence-corrected chi connectivity index (χ2v) is 20.1. The van der Waals surface area contributed by atoms with Crippen LogP contribution in [0.15, 0.2) is 122 Å². The zero-order valence-electron chi connectivity index (χ0n) is 44.7. The average molecular weight is 1060 g/mol. The van der Waals surface area contributed by atoms with E-state index in [0.717, 1.165) is 85.1 Å². The summed E-state index contributed by atoms with van der Waals surface area (Å²) in [5, 5.41) is 3.23. The lowest BCUT2D eigenvalue weighted by atomic mass is 9.60. The van der Waals surface area contributed by atoms with E-state index in [0.29, 0.717) is 34.5 Å². The molecule has 0 saturated heterocycles. The molecule has 0 spiro atoms. The molecule has 16 heteroatoms. The predicted molar refractivity (Wildman–Crippen MR) is 288 cm³/mol. The van der Waals surface area contributed by atoms with Crippen molar-refractivity contribution >= 4 is 57.4 Å². The largest absolute Gasteiger partial charge is 0.490 e. The lowest BCUT2D eigenvalue weighted by molar-refractivity contribution is -0.150. The summed E-state index contributed by atoms with van der Waals surface area (Å²) in [5.74, 6) is -1.18. The van der Waals surface area contributed by atoms with Crippen LogP contribution in [0.3, 0.4) is 0 Å². The van der Waals surface area contributed by atoms with E-state index in [1.807, 2.05) is 24.3 Å². The normalized spacial score (nSPS) is 18.1.